The molecule has 2 aromatic rings. The third-order valence-corrected chi connectivity index (χ3v) is 6.97. The summed E-state index contributed by atoms with van der Waals surface area (Å²) in [6.45, 7) is 6.36. The molecule has 0 saturated carbocycles. The molecule has 33 heavy (non-hydrogen) atoms. The molecule has 2 saturated heterocycles. The second-order valence-corrected chi connectivity index (χ2v) is 9.47. The zero-order valence-corrected chi connectivity index (χ0v) is 19.5. The van der Waals surface area contributed by atoms with Crippen LogP contribution in [0.3, 0.4) is 0 Å². The van der Waals surface area contributed by atoms with Gasteiger partial charge in [0.15, 0.2) is 23.1 Å². The SMILES string of the molecule is CCOC(=O)[C@H](C)N[P@]1(=O)OC[C@H]2O[C@@H](n3cnc4c(OCC)nc(N)nc43)[C@](C)(F)[C@@H]2O1. The van der Waals surface area contributed by atoms with Crippen molar-refractivity contribution in [3.8, 4) is 5.88 Å². The number of aromatic nitrogens is 4. The van der Waals surface area contributed by atoms with Crippen LogP contribution in [0.25, 0.3) is 11.2 Å². The molecule has 2 fully saturated rings. The summed E-state index contributed by atoms with van der Waals surface area (Å²) in [5.41, 5.74) is 4.10. The molecule has 0 unspecified atom stereocenters. The summed E-state index contributed by atoms with van der Waals surface area (Å²) >= 11 is 0. The van der Waals surface area contributed by atoms with Crippen molar-refractivity contribution in [2.75, 3.05) is 25.6 Å². The van der Waals surface area contributed by atoms with Gasteiger partial charge in [-0.25, -0.2) is 19.0 Å². The summed E-state index contributed by atoms with van der Waals surface area (Å²) in [5.74, 6) is -0.557. The Labute approximate surface area is 188 Å². The van der Waals surface area contributed by atoms with Gasteiger partial charge in [-0.2, -0.15) is 9.97 Å². The zero-order chi connectivity index (χ0) is 24.0. The number of nitrogen functional groups attached to an aromatic ring is 1. The summed E-state index contributed by atoms with van der Waals surface area (Å²) < 4.78 is 57.6. The minimum absolute atomic E-state index is 0.0788. The van der Waals surface area contributed by atoms with Crippen molar-refractivity contribution < 1.29 is 37.0 Å². The largest absolute Gasteiger partial charge is 0.476 e. The number of nitrogens with two attached hydrogens (primary N) is 1. The van der Waals surface area contributed by atoms with E-state index in [-0.39, 0.29) is 36.2 Å². The van der Waals surface area contributed by atoms with Gasteiger partial charge in [0.2, 0.25) is 11.8 Å². The van der Waals surface area contributed by atoms with E-state index < -0.39 is 43.9 Å². The Morgan fingerprint density at radius 3 is 2.91 bits per heavy atom. The lowest BCUT2D eigenvalue weighted by Crippen LogP contribution is -2.47. The number of nitrogens with zero attached hydrogens (tertiary/aromatic N) is 4. The second kappa shape index (κ2) is 8.76. The fourth-order valence-corrected chi connectivity index (χ4v) is 5.56. The number of anilines is 1. The Morgan fingerprint density at radius 2 is 2.21 bits per heavy atom. The molecule has 4 rings (SSSR count). The average molecular weight is 488 g/mol. The first-order chi connectivity index (χ1) is 15.6. The van der Waals surface area contributed by atoms with E-state index >= 15 is 4.39 Å². The maximum atomic E-state index is 16.1. The molecule has 15 heteroatoms. The number of nitrogens with one attached hydrogen (secondary N) is 1. The number of hydrogen-bond acceptors (Lipinski definition) is 11. The van der Waals surface area contributed by atoms with Gasteiger partial charge in [0.1, 0.15) is 18.2 Å². The first-order valence-corrected chi connectivity index (χ1v) is 12.0. The lowest BCUT2D eigenvalue weighted by atomic mass is 9.98. The normalized spacial score (nSPS) is 32.5. The molecule has 0 aromatic carbocycles. The van der Waals surface area contributed by atoms with Crippen LogP contribution >= 0.6 is 7.75 Å². The van der Waals surface area contributed by atoms with Crippen LogP contribution in [-0.2, 0) is 27.9 Å². The highest BCUT2D eigenvalue weighted by molar-refractivity contribution is 7.51. The lowest BCUT2D eigenvalue weighted by Gasteiger charge is -2.35. The number of esters is 1. The molecule has 2 aromatic heterocycles. The van der Waals surface area contributed by atoms with Gasteiger partial charge in [0.25, 0.3) is 0 Å². The van der Waals surface area contributed by atoms with Crippen LogP contribution in [0, 0.1) is 0 Å². The number of ether oxygens (including phenoxy) is 3. The van der Waals surface area contributed by atoms with E-state index in [0.29, 0.717) is 6.61 Å². The van der Waals surface area contributed by atoms with Crippen LogP contribution in [0.5, 0.6) is 5.88 Å². The second-order valence-electron chi connectivity index (χ2n) is 7.74. The Balaban J connectivity index is 1.60. The fraction of sp³-hybridized carbons (Fsp3) is 0.667. The molecule has 3 N–H and O–H groups in total. The highest BCUT2D eigenvalue weighted by Crippen LogP contribution is 2.57. The quantitative estimate of drug-likeness (QED) is 0.427. The predicted molar refractivity (Wildman–Crippen MR) is 112 cm³/mol. The van der Waals surface area contributed by atoms with Crippen molar-refractivity contribution in [2.24, 2.45) is 0 Å². The number of imidazole rings is 1. The number of carbonyl (C=O) groups excluding carboxylic acids is 1. The number of fused-ring (bicyclic) bond motifs is 2. The summed E-state index contributed by atoms with van der Waals surface area (Å²) in [6, 6.07) is -0.995. The van der Waals surface area contributed by atoms with Crippen LogP contribution in [0.4, 0.5) is 10.3 Å². The molecule has 0 amide bonds. The number of carbonyl (C=O) groups is 1. The molecular weight excluding hydrogens is 462 g/mol. The molecule has 13 nitrogen and oxygen atoms in total. The van der Waals surface area contributed by atoms with Crippen LogP contribution in [0.15, 0.2) is 6.33 Å². The number of rotatable bonds is 7. The number of alkyl halides is 1. The van der Waals surface area contributed by atoms with E-state index in [1.54, 1.807) is 13.8 Å². The van der Waals surface area contributed by atoms with Gasteiger partial charge in [-0.05, 0) is 27.7 Å². The maximum Gasteiger partial charge on any atom is 0.406 e. The van der Waals surface area contributed by atoms with Crippen molar-refractivity contribution in [3.63, 3.8) is 0 Å². The van der Waals surface area contributed by atoms with E-state index in [4.69, 9.17) is 29.0 Å². The minimum Gasteiger partial charge on any atom is -0.476 e. The van der Waals surface area contributed by atoms with E-state index in [1.165, 1.54) is 24.7 Å². The van der Waals surface area contributed by atoms with E-state index in [2.05, 4.69) is 20.0 Å². The van der Waals surface area contributed by atoms with Gasteiger partial charge in [0, 0.05) is 0 Å². The van der Waals surface area contributed by atoms with Crippen LogP contribution in [0.1, 0.15) is 33.9 Å². The van der Waals surface area contributed by atoms with Crippen LogP contribution in [0.2, 0.25) is 0 Å². The molecule has 2 aliphatic rings. The third-order valence-electron chi connectivity index (χ3n) is 5.27. The summed E-state index contributed by atoms with van der Waals surface area (Å²) in [7, 11) is -4.03. The summed E-state index contributed by atoms with van der Waals surface area (Å²) in [4.78, 5) is 24.3. The van der Waals surface area contributed by atoms with Crippen LogP contribution < -0.4 is 15.6 Å². The highest BCUT2D eigenvalue weighted by Gasteiger charge is 2.61. The molecule has 4 heterocycles. The standard InChI is InChI=1S/C18H26FN6O7P/c1-5-28-14-11-13(22-17(20)23-14)25(8-21-11)16-18(4,19)12-10(31-16)7-30-33(27,32-12)24-9(3)15(26)29-6-2/h8-10,12,16H,5-7H2,1-4H3,(H,24,27)(H2,20,22,23)/t9-,10+,12+,16+,18+,33-/m0/s1. The Kier molecular flexibility index (Phi) is 6.31. The van der Waals surface area contributed by atoms with Gasteiger partial charge in [-0.3, -0.25) is 18.4 Å². The predicted octanol–water partition coefficient (Wildman–Crippen LogP) is 1.50. The smallest absolute Gasteiger partial charge is 0.406 e. The Hall–Kier alpha value is -2.38. The van der Waals surface area contributed by atoms with Crippen LogP contribution in [-0.4, -0.2) is 69.2 Å². The van der Waals surface area contributed by atoms with Gasteiger partial charge in [-0.15, -0.1) is 0 Å². The summed E-state index contributed by atoms with van der Waals surface area (Å²) in [6.07, 6.45) is -2.07. The van der Waals surface area contributed by atoms with Crippen molar-refractivity contribution in [1.82, 2.24) is 24.6 Å². The molecule has 0 radical (unpaired) electrons. The maximum absolute atomic E-state index is 16.1. The van der Waals surface area contributed by atoms with E-state index in [1.807, 2.05) is 0 Å². The number of hydrogen-bond donors (Lipinski definition) is 2. The van der Waals surface area contributed by atoms with Crippen molar-refractivity contribution in [1.29, 1.82) is 0 Å². The van der Waals surface area contributed by atoms with Gasteiger partial charge in [0.05, 0.1) is 26.1 Å². The van der Waals surface area contributed by atoms with Gasteiger partial charge < -0.3 is 19.9 Å². The van der Waals surface area contributed by atoms with Gasteiger partial charge in [-0.1, -0.05) is 0 Å². The Morgan fingerprint density at radius 1 is 1.45 bits per heavy atom. The minimum atomic E-state index is -4.03. The van der Waals surface area contributed by atoms with Gasteiger partial charge >= 0.3 is 13.7 Å². The molecular formula is C18H26FN6O7P. The molecule has 2 aliphatic heterocycles. The number of halogens is 1. The monoisotopic (exact) mass is 488 g/mol. The first kappa shape index (κ1) is 23.8. The third kappa shape index (κ3) is 4.28. The molecule has 0 spiro atoms. The average Bonchev–Trinajstić information content (AvgIpc) is 3.26. The van der Waals surface area contributed by atoms with E-state index in [0.717, 1.165) is 0 Å². The zero-order valence-electron chi connectivity index (χ0n) is 18.6. The highest BCUT2D eigenvalue weighted by atomic mass is 31.2. The molecule has 0 bridgehead atoms. The summed E-state index contributed by atoms with van der Waals surface area (Å²) in [5, 5.41) is 2.48. The first-order valence-electron chi connectivity index (χ1n) is 10.4. The lowest BCUT2D eigenvalue weighted by molar-refractivity contribution is -0.145. The van der Waals surface area contributed by atoms with Crippen molar-refractivity contribution in [2.45, 2.75) is 57.8 Å². The topological polar surface area (TPSA) is 162 Å². The van der Waals surface area contributed by atoms with Crippen molar-refractivity contribution in [3.05, 3.63) is 6.33 Å². The van der Waals surface area contributed by atoms with Crippen molar-refractivity contribution >= 4 is 30.8 Å². The fourth-order valence-electron chi connectivity index (χ4n) is 3.80. The molecule has 6 atom stereocenters. The molecule has 182 valence electrons. The molecule has 0 aliphatic carbocycles. The Bertz CT molecular complexity index is 1100. The van der Waals surface area contributed by atoms with E-state index in [9.17, 15) is 9.36 Å².